The minimum atomic E-state index is 0.395. The summed E-state index contributed by atoms with van der Waals surface area (Å²) in [7, 11) is 10.2. The van der Waals surface area contributed by atoms with Gasteiger partial charge in [0, 0.05) is 17.3 Å². The van der Waals surface area contributed by atoms with Crippen molar-refractivity contribution in [3.8, 4) is 0 Å². The van der Waals surface area contributed by atoms with Gasteiger partial charge in [-0.3, -0.25) is 14.4 Å². The van der Waals surface area contributed by atoms with Gasteiger partial charge in [0.15, 0.2) is 0 Å². The summed E-state index contributed by atoms with van der Waals surface area (Å²) in [6.07, 6.45) is 2.75. The van der Waals surface area contributed by atoms with Gasteiger partial charge in [-0.2, -0.15) is 0 Å². The van der Waals surface area contributed by atoms with Crippen molar-refractivity contribution in [2.45, 2.75) is 31.3 Å². The Bertz CT molecular complexity index is 313. The Hall–Kier alpha value is 0.0900. The summed E-state index contributed by atoms with van der Waals surface area (Å²) in [5.74, 6) is 0. The van der Waals surface area contributed by atoms with E-state index in [9.17, 15) is 0 Å². The van der Waals surface area contributed by atoms with E-state index >= 15 is 0 Å². The van der Waals surface area contributed by atoms with Gasteiger partial charge in [-0.1, -0.05) is 0 Å². The average molecular weight is 289 g/mol. The fourth-order valence-corrected chi connectivity index (χ4v) is 5.03. The normalized spacial score (nSPS) is 29.7. The molecule has 18 heavy (non-hydrogen) atoms. The quantitative estimate of drug-likeness (QED) is 0.620. The van der Waals surface area contributed by atoms with Gasteiger partial charge >= 0.3 is 5.17 Å². The molecule has 2 unspecified atom stereocenters. The van der Waals surface area contributed by atoms with Crippen LogP contribution in [0.5, 0.6) is 0 Å². The summed E-state index contributed by atoms with van der Waals surface area (Å²) in [6, 6.07) is 0.569. The Labute approximate surface area is 119 Å². The lowest BCUT2D eigenvalue weighted by Gasteiger charge is -2.20. The molecule has 0 radical (unpaired) electrons. The third kappa shape index (κ3) is 3.56. The molecule has 2 rings (SSSR count). The number of likely N-dealkylation sites (N-methyl/N-ethyl adjacent to an activating group) is 1. The summed E-state index contributed by atoms with van der Waals surface area (Å²) in [4.78, 5) is 4.79. The predicted octanol–water partition coefficient (Wildman–Crippen LogP) is 1.30. The first-order chi connectivity index (χ1) is 8.58. The summed E-state index contributed by atoms with van der Waals surface area (Å²) in [5, 5.41) is 4.87. The van der Waals surface area contributed by atoms with E-state index in [4.69, 9.17) is 0 Å². The maximum Gasteiger partial charge on any atom is 0.319 e. The zero-order chi connectivity index (χ0) is 13.1. The molecular formula is C12H25N4S2+. The van der Waals surface area contributed by atoms with Crippen molar-refractivity contribution >= 4 is 26.8 Å². The summed E-state index contributed by atoms with van der Waals surface area (Å²) >= 11 is 0. The van der Waals surface area contributed by atoms with Crippen molar-refractivity contribution < 1.29 is 4.58 Å². The van der Waals surface area contributed by atoms with Crippen molar-refractivity contribution in [3.05, 3.63) is 0 Å². The van der Waals surface area contributed by atoms with Crippen LogP contribution in [0.2, 0.25) is 0 Å². The van der Waals surface area contributed by atoms with Gasteiger partial charge in [-0.05, 0) is 57.7 Å². The minimum absolute atomic E-state index is 0.395. The molecule has 1 N–H and O–H groups in total. The number of rotatable bonds is 4. The second-order valence-electron chi connectivity index (χ2n) is 5.41. The van der Waals surface area contributed by atoms with E-state index in [-0.39, 0.29) is 0 Å². The highest BCUT2D eigenvalue weighted by molar-refractivity contribution is 8.83. The van der Waals surface area contributed by atoms with Crippen LogP contribution in [0, 0.1) is 0 Å². The molecule has 0 saturated carbocycles. The molecule has 0 spiro atoms. The number of hydrogen-bond donors (Lipinski definition) is 1. The second kappa shape index (κ2) is 6.50. The SMILES string of the molecule is CC(CN1CCCC1)[N+](C)=C1NC(N(C)C)SS1. The molecule has 0 aromatic heterocycles. The summed E-state index contributed by atoms with van der Waals surface area (Å²) in [5.41, 5.74) is 0.395. The van der Waals surface area contributed by atoms with E-state index < -0.39 is 0 Å². The number of likely N-dealkylation sites (tertiary alicyclic amines) is 1. The van der Waals surface area contributed by atoms with Crippen LogP contribution in [-0.2, 0) is 0 Å². The lowest BCUT2D eigenvalue weighted by atomic mass is 10.3. The van der Waals surface area contributed by atoms with Crippen LogP contribution in [0.15, 0.2) is 0 Å². The maximum atomic E-state index is 3.57. The average Bonchev–Trinajstić information content (AvgIpc) is 2.98. The number of nitrogens with zero attached hydrogens (tertiary/aromatic N) is 3. The standard InChI is InChI=1S/C12H24N4S2/c1-10(9-16-7-5-6-8-16)15(4)12-13-11(14(2)3)17-18-12/h10-11H,5-9H2,1-4H3/p+1. The van der Waals surface area contributed by atoms with Gasteiger partial charge in [-0.25, -0.2) is 5.32 Å². The Kier molecular flexibility index (Phi) is 5.24. The monoisotopic (exact) mass is 289 g/mol. The largest absolute Gasteiger partial charge is 0.319 e. The molecular weight excluding hydrogens is 264 g/mol. The van der Waals surface area contributed by atoms with E-state index in [1.807, 2.05) is 21.6 Å². The molecule has 0 aliphatic carbocycles. The van der Waals surface area contributed by atoms with E-state index in [1.54, 1.807) is 0 Å². The Morgan fingerprint density at radius 3 is 2.67 bits per heavy atom. The highest BCUT2D eigenvalue weighted by Gasteiger charge is 2.32. The molecule has 0 amide bonds. The number of hydrogen-bond acceptors (Lipinski definition) is 4. The zero-order valence-electron chi connectivity index (χ0n) is 11.8. The highest BCUT2D eigenvalue weighted by atomic mass is 33.1. The molecule has 2 fully saturated rings. The Morgan fingerprint density at radius 2 is 2.11 bits per heavy atom. The number of amidine groups is 1. The molecule has 2 aliphatic heterocycles. The van der Waals surface area contributed by atoms with Crippen molar-refractivity contribution in [2.75, 3.05) is 40.8 Å². The van der Waals surface area contributed by atoms with Gasteiger partial charge in [0.2, 0.25) is 5.50 Å². The molecule has 2 atom stereocenters. The molecule has 0 bridgehead atoms. The minimum Gasteiger partial charge on any atom is -0.299 e. The Morgan fingerprint density at radius 1 is 1.44 bits per heavy atom. The van der Waals surface area contributed by atoms with Gasteiger partial charge in [0.1, 0.15) is 6.04 Å². The van der Waals surface area contributed by atoms with Crippen LogP contribution in [0.25, 0.3) is 0 Å². The van der Waals surface area contributed by atoms with E-state index in [2.05, 4.69) is 47.8 Å². The molecule has 0 aromatic carbocycles. The number of nitrogens with one attached hydrogen (secondary N) is 1. The molecule has 6 heteroatoms. The zero-order valence-corrected chi connectivity index (χ0v) is 13.5. The molecule has 0 aromatic rings. The summed E-state index contributed by atoms with van der Waals surface area (Å²) < 4.78 is 2.39. The van der Waals surface area contributed by atoms with Crippen LogP contribution in [0.3, 0.4) is 0 Å². The fourth-order valence-electron chi connectivity index (χ4n) is 2.28. The van der Waals surface area contributed by atoms with Crippen LogP contribution in [-0.4, -0.2) is 71.9 Å². The third-order valence-corrected chi connectivity index (χ3v) is 6.33. The van der Waals surface area contributed by atoms with Gasteiger partial charge in [0.25, 0.3) is 0 Å². The van der Waals surface area contributed by atoms with Gasteiger partial charge in [0.05, 0.1) is 7.05 Å². The van der Waals surface area contributed by atoms with Crippen molar-refractivity contribution in [1.82, 2.24) is 15.1 Å². The van der Waals surface area contributed by atoms with Gasteiger partial charge < -0.3 is 0 Å². The fraction of sp³-hybridized carbons (Fsp3) is 0.917. The van der Waals surface area contributed by atoms with Crippen LogP contribution in [0.1, 0.15) is 19.8 Å². The highest BCUT2D eigenvalue weighted by Crippen LogP contribution is 2.33. The molecule has 2 aliphatic rings. The summed E-state index contributed by atoms with van der Waals surface area (Å²) in [6.45, 7) is 6.06. The van der Waals surface area contributed by atoms with Crippen LogP contribution in [0.4, 0.5) is 0 Å². The van der Waals surface area contributed by atoms with Crippen LogP contribution >= 0.6 is 21.6 Å². The maximum absolute atomic E-state index is 3.57. The molecule has 4 nitrogen and oxygen atoms in total. The Balaban J connectivity index is 1.90. The molecule has 2 heterocycles. The third-order valence-electron chi connectivity index (χ3n) is 3.64. The first-order valence-corrected chi connectivity index (χ1v) is 8.87. The van der Waals surface area contributed by atoms with Crippen LogP contribution < -0.4 is 5.32 Å². The molecule has 104 valence electrons. The van der Waals surface area contributed by atoms with Gasteiger partial charge in [-0.15, -0.1) is 0 Å². The van der Waals surface area contributed by atoms with E-state index in [0.29, 0.717) is 11.5 Å². The predicted molar refractivity (Wildman–Crippen MR) is 82.1 cm³/mol. The van der Waals surface area contributed by atoms with E-state index in [1.165, 1.54) is 37.6 Å². The van der Waals surface area contributed by atoms with Crippen molar-refractivity contribution in [1.29, 1.82) is 0 Å². The molecule has 2 saturated heterocycles. The smallest absolute Gasteiger partial charge is 0.299 e. The topological polar surface area (TPSA) is 21.5 Å². The first kappa shape index (κ1) is 14.5. The lowest BCUT2D eigenvalue weighted by molar-refractivity contribution is -0.533. The lowest BCUT2D eigenvalue weighted by Crippen LogP contribution is -2.43. The van der Waals surface area contributed by atoms with Crippen molar-refractivity contribution in [2.24, 2.45) is 0 Å². The first-order valence-electron chi connectivity index (χ1n) is 6.66. The van der Waals surface area contributed by atoms with Crippen molar-refractivity contribution in [3.63, 3.8) is 0 Å². The van der Waals surface area contributed by atoms with E-state index in [0.717, 1.165) is 0 Å². The second-order valence-corrected chi connectivity index (χ2v) is 7.68.